The Kier molecular flexibility index (Phi) is 5.50. The zero-order valence-electron chi connectivity index (χ0n) is 16.6. The molecule has 2 aromatic carbocycles. The fourth-order valence-electron chi connectivity index (χ4n) is 3.24. The average molecular weight is 495 g/mol. The van der Waals surface area contributed by atoms with E-state index < -0.39 is 23.8 Å². The number of rotatable bonds is 4. The van der Waals surface area contributed by atoms with Gasteiger partial charge in [-0.1, -0.05) is 34.1 Å². The highest BCUT2D eigenvalue weighted by Gasteiger charge is 2.37. The van der Waals surface area contributed by atoms with Gasteiger partial charge in [0.1, 0.15) is 17.1 Å². The van der Waals surface area contributed by atoms with E-state index in [0.717, 1.165) is 4.90 Å². The number of halogens is 1. The van der Waals surface area contributed by atoms with Gasteiger partial charge in [0.15, 0.2) is 0 Å². The number of carbonyl (C=O) groups excluding carboxylic acids is 3. The van der Waals surface area contributed by atoms with Crippen LogP contribution in [0, 0.1) is 6.92 Å². The fraction of sp³-hybridized carbons (Fsp3) is 0.0435. The number of urea groups is 1. The summed E-state index contributed by atoms with van der Waals surface area (Å²) in [6.07, 6.45) is 1.24. The van der Waals surface area contributed by atoms with E-state index >= 15 is 0 Å². The van der Waals surface area contributed by atoms with Crippen molar-refractivity contribution in [1.82, 2.24) is 5.32 Å². The molecule has 160 valence electrons. The average Bonchev–Trinajstić information content (AvgIpc) is 3.20. The Morgan fingerprint density at radius 3 is 2.59 bits per heavy atom. The Balaban J connectivity index is 1.68. The third-order valence-corrected chi connectivity index (χ3v) is 5.33. The van der Waals surface area contributed by atoms with E-state index in [1.165, 1.54) is 12.1 Å². The van der Waals surface area contributed by atoms with Crippen LogP contribution in [0.2, 0.25) is 0 Å². The van der Waals surface area contributed by atoms with Gasteiger partial charge in [0.2, 0.25) is 0 Å². The maximum atomic E-state index is 13.0. The van der Waals surface area contributed by atoms with Crippen LogP contribution in [-0.2, 0) is 9.59 Å². The first-order valence-corrected chi connectivity index (χ1v) is 10.1. The highest BCUT2D eigenvalue weighted by atomic mass is 79.9. The third kappa shape index (κ3) is 3.97. The fourth-order valence-corrected chi connectivity index (χ4v) is 3.63. The SMILES string of the molecule is Cc1ccc(-c2ccc(/C=C3\C(=O)NC(=O)N(c4cccc(Br)c4)C3=O)o2)cc1C(=O)O. The summed E-state index contributed by atoms with van der Waals surface area (Å²) in [7, 11) is 0. The molecule has 0 radical (unpaired) electrons. The molecule has 2 heterocycles. The van der Waals surface area contributed by atoms with E-state index in [9.17, 15) is 24.3 Å². The minimum Gasteiger partial charge on any atom is -0.478 e. The first kappa shape index (κ1) is 21.3. The Hall–Kier alpha value is -3.98. The quantitative estimate of drug-likeness (QED) is 0.410. The summed E-state index contributed by atoms with van der Waals surface area (Å²) in [4.78, 5) is 49.8. The van der Waals surface area contributed by atoms with E-state index in [-0.39, 0.29) is 16.9 Å². The topological polar surface area (TPSA) is 117 Å². The summed E-state index contributed by atoms with van der Waals surface area (Å²) >= 11 is 3.29. The van der Waals surface area contributed by atoms with E-state index in [1.54, 1.807) is 55.5 Å². The van der Waals surface area contributed by atoms with E-state index in [4.69, 9.17) is 4.42 Å². The van der Waals surface area contributed by atoms with Gasteiger partial charge in [0.05, 0.1) is 11.3 Å². The first-order chi connectivity index (χ1) is 15.2. The van der Waals surface area contributed by atoms with Crippen LogP contribution in [0.1, 0.15) is 21.7 Å². The summed E-state index contributed by atoms with van der Waals surface area (Å²) in [5.74, 6) is -2.13. The van der Waals surface area contributed by atoms with Gasteiger partial charge < -0.3 is 9.52 Å². The lowest BCUT2D eigenvalue weighted by Crippen LogP contribution is -2.54. The lowest BCUT2D eigenvalue weighted by Gasteiger charge is -2.26. The number of carboxylic acids is 1. The minimum absolute atomic E-state index is 0.142. The standard InChI is InChI=1S/C23H15BrN2O6/c1-12-5-6-13(9-17(12)22(29)30)19-8-7-16(32-19)11-18-20(27)25-23(31)26(21(18)28)15-4-2-3-14(24)10-15/h2-11H,1H3,(H,29,30)(H,25,27,31)/b18-11+. The molecule has 0 unspecified atom stereocenters. The molecule has 1 saturated heterocycles. The molecule has 32 heavy (non-hydrogen) atoms. The molecular weight excluding hydrogens is 480 g/mol. The Bertz CT molecular complexity index is 1320. The molecular formula is C23H15BrN2O6. The van der Waals surface area contributed by atoms with Crippen LogP contribution < -0.4 is 10.2 Å². The van der Waals surface area contributed by atoms with Crippen molar-refractivity contribution < 1.29 is 28.7 Å². The highest BCUT2D eigenvalue weighted by molar-refractivity contribution is 9.10. The van der Waals surface area contributed by atoms with Gasteiger partial charge in [0, 0.05) is 10.0 Å². The number of aromatic carboxylic acids is 1. The van der Waals surface area contributed by atoms with Gasteiger partial charge in [-0.2, -0.15) is 0 Å². The molecule has 3 aromatic rings. The molecule has 0 aliphatic carbocycles. The number of benzene rings is 2. The second kappa shape index (κ2) is 8.27. The number of hydrogen-bond donors (Lipinski definition) is 2. The molecule has 9 heteroatoms. The van der Waals surface area contributed by atoms with Gasteiger partial charge in [0.25, 0.3) is 11.8 Å². The number of carboxylic acid groups (broad SMARTS) is 1. The third-order valence-electron chi connectivity index (χ3n) is 4.83. The Morgan fingerprint density at radius 1 is 1.09 bits per heavy atom. The number of hydrogen-bond acceptors (Lipinski definition) is 5. The lowest BCUT2D eigenvalue weighted by atomic mass is 10.0. The molecule has 8 nitrogen and oxygen atoms in total. The van der Waals surface area contributed by atoms with Crippen LogP contribution in [0.5, 0.6) is 0 Å². The van der Waals surface area contributed by atoms with E-state index in [1.807, 2.05) is 0 Å². The molecule has 4 amide bonds. The number of anilines is 1. The predicted molar refractivity (Wildman–Crippen MR) is 119 cm³/mol. The number of nitrogens with one attached hydrogen (secondary N) is 1. The van der Waals surface area contributed by atoms with E-state index in [2.05, 4.69) is 21.2 Å². The number of aryl methyl sites for hydroxylation is 1. The number of amides is 4. The molecule has 0 atom stereocenters. The van der Waals surface area contributed by atoms with Crippen molar-refractivity contribution in [2.45, 2.75) is 6.92 Å². The number of carbonyl (C=O) groups is 4. The smallest absolute Gasteiger partial charge is 0.335 e. The van der Waals surface area contributed by atoms with E-state index in [0.29, 0.717) is 27.0 Å². The van der Waals surface area contributed by atoms with Crippen molar-refractivity contribution in [3.8, 4) is 11.3 Å². The minimum atomic E-state index is -1.06. The van der Waals surface area contributed by atoms with Gasteiger partial charge in [-0.3, -0.25) is 14.9 Å². The molecule has 1 fully saturated rings. The molecule has 0 spiro atoms. The predicted octanol–water partition coefficient (Wildman–Crippen LogP) is 4.38. The first-order valence-electron chi connectivity index (χ1n) is 9.36. The van der Waals surface area contributed by atoms with Crippen molar-refractivity contribution >= 4 is 51.5 Å². The Labute approximate surface area is 190 Å². The number of nitrogens with zero attached hydrogens (tertiary/aromatic N) is 1. The van der Waals surface area contributed by atoms with Crippen LogP contribution in [-0.4, -0.2) is 28.9 Å². The molecule has 2 N–H and O–H groups in total. The molecule has 1 aliphatic heterocycles. The summed E-state index contributed by atoms with van der Waals surface area (Å²) in [5.41, 5.74) is 1.30. The molecule has 0 saturated carbocycles. The second-order valence-electron chi connectivity index (χ2n) is 6.97. The van der Waals surface area contributed by atoms with Crippen molar-refractivity contribution in [1.29, 1.82) is 0 Å². The van der Waals surface area contributed by atoms with Crippen LogP contribution in [0.3, 0.4) is 0 Å². The van der Waals surface area contributed by atoms with Crippen molar-refractivity contribution in [2.75, 3.05) is 4.90 Å². The van der Waals surface area contributed by atoms with Gasteiger partial charge >= 0.3 is 12.0 Å². The molecule has 1 aliphatic rings. The zero-order valence-corrected chi connectivity index (χ0v) is 18.2. The van der Waals surface area contributed by atoms with Gasteiger partial charge in [-0.15, -0.1) is 0 Å². The number of barbiturate groups is 1. The lowest BCUT2D eigenvalue weighted by molar-refractivity contribution is -0.122. The van der Waals surface area contributed by atoms with Crippen LogP contribution in [0.4, 0.5) is 10.5 Å². The van der Waals surface area contributed by atoms with Gasteiger partial charge in [-0.25, -0.2) is 14.5 Å². The molecule has 0 bridgehead atoms. The van der Waals surface area contributed by atoms with Gasteiger partial charge in [-0.05, 0) is 55.0 Å². The largest absolute Gasteiger partial charge is 0.478 e. The highest BCUT2D eigenvalue weighted by Crippen LogP contribution is 2.28. The second-order valence-corrected chi connectivity index (χ2v) is 7.89. The van der Waals surface area contributed by atoms with Crippen LogP contribution in [0.25, 0.3) is 17.4 Å². The maximum Gasteiger partial charge on any atom is 0.335 e. The number of furan rings is 1. The molecule has 1 aromatic heterocycles. The van der Waals surface area contributed by atoms with Crippen molar-refractivity contribution in [2.24, 2.45) is 0 Å². The Morgan fingerprint density at radius 2 is 1.88 bits per heavy atom. The normalized spacial score (nSPS) is 15.2. The summed E-state index contributed by atoms with van der Waals surface area (Å²) < 4.78 is 6.38. The maximum absolute atomic E-state index is 13.0. The summed E-state index contributed by atoms with van der Waals surface area (Å²) in [5, 5.41) is 11.5. The monoisotopic (exact) mass is 494 g/mol. The van der Waals surface area contributed by atoms with Crippen LogP contribution >= 0.6 is 15.9 Å². The van der Waals surface area contributed by atoms with Crippen molar-refractivity contribution in [3.63, 3.8) is 0 Å². The summed E-state index contributed by atoms with van der Waals surface area (Å²) in [6.45, 7) is 1.69. The summed E-state index contributed by atoms with van der Waals surface area (Å²) in [6, 6.07) is 13.7. The zero-order chi connectivity index (χ0) is 23.0. The van der Waals surface area contributed by atoms with Crippen LogP contribution in [0.15, 0.2) is 69.1 Å². The van der Waals surface area contributed by atoms with Crippen molar-refractivity contribution in [3.05, 3.63) is 81.5 Å². The molecule has 4 rings (SSSR count). The number of imide groups is 2.